The van der Waals surface area contributed by atoms with Crippen molar-refractivity contribution in [2.24, 2.45) is 0 Å². The van der Waals surface area contributed by atoms with Crippen LogP contribution in [0.2, 0.25) is 0 Å². The molecule has 0 aliphatic heterocycles. The zero-order valence-electron chi connectivity index (χ0n) is 12.5. The largest absolute Gasteiger partial charge is 0.334 e. The first-order chi connectivity index (χ1) is 11.2. The topological polar surface area (TPSA) is 79.8 Å². The van der Waals surface area contributed by atoms with Crippen LogP contribution in [0.5, 0.6) is 0 Å². The summed E-state index contributed by atoms with van der Waals surface area (Å²) in [4.78, 5) is 26.0. The van der Waals surface area contributed by atoms with Gasteiger partial charge in [-0.2, -0.15) is 0 Å². The normalized spacial score (nSPS) is 10.5. The SMILES string of the molecule is C=CCNC(=O)Nc1ccc2ncc(-c3cc(C)cs3)nc2n1. The molecule has 0 aliphatic rings. The summed E-state index contributed by atoms with van der Waals surface area (Å²) in [6.07, 6.45) is 3.34. The predicted octanol–water partition coefficient (Wildman–Crippen LogP) is 3.37. The summed E-state index contributed by atoms with van der Waals surface area (Å²) >= 11 is 1.62. The van der Waals surface area contributed by atoms with E-state index in [2.05, 4.69) is 43.6 Å². The smallest absolute Gasteiger partial charge is 0.320 e. The third kappa shape index (κ3) is 3.51. The molecule has 2 N–H and O–H groups in total. The summed E-state index contributed by atoms with van der Waals surface area (Å²) in [7, 11) is 0. The third-order valence-electron chi connectivity index (χ3n) is 3.04. The molecule has 0 aliphatic carbocycles. The number of amides is 2. The van der Waals surface area contributed by atoms with E-state index >= 15 is 0 Å². The van der Waals surface area contributed by atoms with Crippen LogP contribution in [0.4, 0.5) is 10.6 Å². The summed E-state index contributed by atoms with van der Waals surface area (Å²) < 4.78 is 0. The van der Waals surface area contributed by atoms with Crippen LogP contribution in [0, 0.1) is 6.92 Å². The van der Waals surface area contributed by atoms with Gasteiger partial charge < -0.3 is 5.32 Å². The second-order valence-electron chi connectivity index (χ2n) is 4.91. The molecule has 0 unspecified atom stereocenters. The van der Waals surface area contributed by atoms with E-state index in [4.69, 9.17) is 0 Å². The van der Waals surface area contributed by atoms with E-state index in [1.807, 2.05) is 6.92 Å². The molecule has 2 amide bonds. The van der Waals surface area contributed by atoms with Crippen LogP contribution >= 0.6 is 11.3 Å². The van der Waals surface area contributed by atoms with Gasteiger partial charge in [-0.3, -0.25) is 10.3 Å². The van der Waals surface area contributed by atoms with Gasteiger partial charge in [0.15, 0.2) is 5.65 Å². The number of aromatic nitrogens is 3. The van der Waals surface area contributed by atoms with Crippen LogP contribution in [0.1, 0.15) is 5.56 Å². The number of hydrogen-bond acceptors (Lipinski definition) is 5. The fourth-order valence-corrected chi connectivity index (χ4v) is 2.83. The van der Waals surface area contributed by atoms with Gasteiger partial charge >= 0.3 is 6.03 Å². The Morgan fingerprint density at radius 1 is 1.39 bits per heavy atom. The highest BCUT2D eigenvalue weighted by molar-refractivity contribution is 7.13. The number of thiophene rings is 1. The Hall–Kier alpha value is -2.80. The van der Waals surface area contributed by atoms with Gasteiger partial charge in [0.05, 0.1) is 11.1 Å². The molecule has 0 spiro atoms. The Kier molecular flexibility index (Phi) is 4.29. The molecule has 0 bridgehead atoms. The Balaban J connectivity index is 1.88. The zero-order chi connectivity index (χ0) is 16.2. The number of aryl methyl sites for hydroxylation is 1. The number of hydrogen-bond donors (Lipinski definition) is 2. The van der Waals surface area contributed by atoms with Crippen molar-refractivity contribution in [1.82, 2.24) is 20.3 Å². The number of rotatable bonds is 4. The van der Waals surface area contributed by atoms with Crippen LogP contribution in [-0.4, -0.2) is 27.5 Å². The van der Waals surface area contributed by atoms with Gasteiger partial charge in [-0.1, -0.05) is 6.08 Å². The van der Waals surface area contributed by atoms with E-state index < -0.39 is 0 Å². The van der Waals surface area contributed by atoms with Crippen LogP contribution in [0.25, 0.3) is 21.7 Å². The number of carbonyl (C=O) groups is 1. The Morgan fingerprint density at radius 3 is 3.00 bits per heavy atom. The van der Waals surface area contributed by atoms with Crippen molar-refractivity contribution in [2.45, 2.75) is 6.92 Å². The highest BCUT2D eigenvalue weighted by Crippen LogP contribution is 2.25. The first-order valence-corrected chi connectivity index (χ1v) is 7.89. The average molecular weight is 325 g/mol. The van der Waals surface area contributed by atoms with Crippen molar-refractivity contribution in [3.63, 3.8) is 0 Å². The predicted molar refractivity (Wildman–Crippen MR) is 92.6 cm³/mol. The molecule has 3 aromatic rings. The molecule has 0 aromatic carbocycles. The average Bonchev–Trinajstić information content (AvgIpc) is 2.99. The molecule has 116 valence electrons. The highest BCUT2D eigenvalue weighted by Gasteiger charge is 2.08. The first-order valence-electron chi connectivity index (χ1n) is 7.01. The van der Waals surface area contributed by atoms with Gasteiger partial charge in [0.25, 0.3) is 0 Å². The molecule has 7 heteroatoms. The van der Waals surface area contributed by atoms with E-state index in [9.17, 15) is 4.79 Å². The fourth-order valence-electron chi connectivity index (χ4n) is 1.98. The van der Waals surface area contributed by atoms with E-state index in [0.717, 1.165) is 10.6 Å². The number of nitrogens with one attached hydrogen (secondary N) is 2. The number of anilines is 1. The molecular weight excluding hydrogens is 310 g/mol. The third-order valence-corrected chi connectivity index (χ3v) is 4.11. The van der Waals surface area contributed by atoms with Gasteiger partial charge in [0.1, 0.15) is 17.0 Å². The molecule has 0 radical (unpaired) electrons. The van der Waals surface area contributed by atoms with Crippen LogP contribution in [0.15, 0.2) is 42.4 Å². The highest BCUT2D eigenvalue weighted by atomic mass is 32.1. The molecule has 23 heavy (non-hydrogen) atoms. The fraction of sp³-hybridized carbons (Fsp3) is 0.125. The van der Waals surface area contributed by atoms with E-state index in [-0.39, 0.29) is 6.03 Å². The van der Waals surface area contributed by atoms with Crippen molar-refractivity contribution in [3.05, 3.63) is 48.0 Å². The number of nitrogens with zero attached hydrogens (tertiary/aromatic N) is 3. The van der Waals surface area contributed by atoms with E-state index in [1.54, 1.807) is 35.7 Å². The van der Waals surface area contributed by atoms with Gasteiger partial charge in [0, 0.05) is 6.54 Å². The van der Waals surface area contributed by atoms with Crippen LogP contribution in [-0.2, 0) is 0 Å². The Labute approximate surface area is 137 Å². The van der Waals surface area contributed by atoms with E-state index in [0.29, 0.717) is 23.5 Å². The van der Waals surface area contributed by atoms with Crippen LogP contribution in [0.3, 0.4) is 0 Å². The van der Waals surface area contributed by atoms with Crippen molar-refractivity contribution >= 4 is 34.3 Å². The van der Waals surface area contributed by atoms with Gasteiger partial charge in [-0.15, -0.1) is 17.9 Å². The lowest BCUT2D eigenvalue weighted by atomic mass is 10.3. The molecule has 6 nitrogen and oxygen atoms in total. The van der Waals surface area contributed by atoms with Crippen molar-refractivity contribution in [2.75, 3.05) is 11.9 Å². The molecule has 0 atom stereocenters. The maximum Gasteiger partial charge on any atom is 0.320 e. The van der Waals surface area contributed by atoms with Crippen molar-refractivity contribution in [3.8, 4) is 10.6 Å². The lowest BCUT2D eigenvalue weighted by molar-refractivity contribution is 0.253. The van der Waals surface area contributed by atoms with Gasteiger partial charge in [-0.25, -0.2) is 14.8 Å². The summed E-state index contributed by atoms with van der Waals surface area (Å²) in [5, 5.41) is 7.35. The monoisotopic (exact) mass is 325 g/mol. The minimum Gasteiger partial charge on any atom is -0.334 e. The van der Waals surface area contributed by atoms with Gasteiger partial charge in [0.2, 0.25) is 0 Å². The van der Waals surface area contributed by atoms with Crippen molar-refractivity contribution in [1.29, 1.82) is 0 Å². The lowest BCUT2D eigenvalue weighted by Crippen LogP contribution is -2.28. The molecular formula is C16H15N5OS. The number of fused-ring (bicyclic) bond motifs is 1. The molecule has 3 heterocycles. The number of carbonyl (C=O) groups excluding carboxylic acids is 1. The minimum absolute atomic E-state index is 0.338. The Bertz CT molecular complexity index is 874. The second kappa shape index (κ2) is 6.53. The van der Waals surface area contributed by atoms with E-state index in [1.165, 1.54) is 5.56 Å². The maximum atomic E-state index is 11.7. The summed E-state index contributed by atoms with van der Waals surface area (Å²) in [6.45, 7) is 5.97. The summed E-state index contributed by atoms with van der Waals surface area (Å²) in [5.41, 5.74) is 3.14. The molecule has 0 saturated heterocycles. The molecule has 3 rings (SSSR count). The standard InChI is InChI=1S/C16H15N5OS/c1-3-6-17-16(22)21-14-5-4-11-15(20-14)19-12(8-18-11)13-7-10(2)9-23-13/h3-5,7-9H,1,6H2,2H3,(H2,17,19,20,21,22). The van der Waals surface area contributed by atoms with Crippen LogP contribution < -0.4 is 10.6 Å². The quantitative estimate of drug-likeness (QED) is 0.721. The molecule has 3 aromatic heterocycles. The Morgan fingerprint density at radius 2 is 2.26 bits per heavy atom. The molecule has 0 fully saturated rings. The summed E-state index contributed by atoms with van der Waals surface area (Å²) in [6, 6.07) is 5.20. The number of pyridine rings is 1. The van der Waals surface area contributed by atoms with Crippen molar-refractivity contribution < 1.29 is 4.79 Å². The number of urea groups is 1. The first kappa shape index (κ1) is 15.1. The maximum absolute atomic E-state index is 11.7. The lowest BCUT2D eigenvalue weighted by Gasteiger charge is -2.06. The zero-order valence-corrected chi connectivity index (χ0v) is 13.4. The van der Waals surface area contributed by atoms with Gasteiger partial charge in [-0.05, 0) is 36.1 Å². The second-order valence-corrected chi connectivity index (χ2v) is 5.82. The molecule has 0 saturated carbocycles. The summed E-state index contributed by atoms with van der Waals surface area (Å²) in [5.74, 6) is 0.424. The minimum atomic E-state index is -0.338.